The molecule has 7 heteroatoms. The molecule has 1 aromatic carbocycles. The first kappa shape index (κ1) is 15.3. The minimum atomic E-state index is -2.01. The van der Waals surface area contributed by atoms with Crippen LogP contribution in [-0.2, 0) is 4.79 Å². The van der Waals surface area contributed by atoms with Gasteiger partial charge in [0.15, 0.2) is 5.60 Å². The van der Waals surface area contributed by atoms with E-state index in [0.29, 0.717) is 10.7 Å². The SMILES string of the molecule is Cc1ccc(Cl)cc1NC(=O)NCC(C)(O)C(=O)O. The van der Waals surface area contributed by atoms with Crippen molar-refractivity contribution in [2.45, 2.75) is 19.4 Å². The Kier molecular flexibility index (Phi) is 4.74. The predicted molar refractivity (Wildman–Crippen MR) is 71.5 cm³/mol. The summed E-state index contributed by atoms with van der Waals surface area (Å²) in [7, 11) is 0. The van der Waals surface area contributed by atoms with E-state index in [9.17, 15) is 14.7 Å². The van der Waals surface area contributed by atoms with Gasteiger partial charge >= 0.3 is 12.0 Å². The van der Waals surface area contributed by atoms with Crippen LogP contribution in [0.3, 0.4) is 0 Å². The maximum atomic E-state index is 11.6. The summed E-state index contributed by atoms with van der Waals surface area (Å²) in [5.74, 6) is -1.41. The van der Waals surface area contributed by atoms with E-state index in [-0.39, 0.29) is 0 Å². The standard InChI is InChI=1S/C12H15ClN2O4/c1-7-3-4-8(13)5-9(7)15-11(18)14-6-12(2,19)10(16)17/h3-5,19H,6H2,1-2H3,(H,16,17)(H2,14,15,18). The largest absolute Gasteiger partial charge is 0.479 e. The number of anilines is 1. The molecule has 104 valence electrons. The molecule has 0 heterocycles. The summed E-state index contributed by atoms with van der Waals surface area (Å²) < 4.78 is 0. The third kappa shape index (κ3) is 4.42. The highest BCUT2D eigenvalue weighted by molar-refractivity contribution is 6.31. The van der Waals surface area contributed by atoms with E-state index in [1.165, 1.54) is 0 Å². The van der Waals surface area contributed by atoms with E-state index in [1.54, 1.807) is 25.1 Å². The lowest BCUT2D eigenvalue weighted by Gasteiger charge is -2.18. The van der Waals surface area contributed by atoms with Crippen LogP contribution in [-0.4, -0.2) is 34.4 Å². The molecule has 0 aromatic heterocycles. The van der Waals surface area contributed by atoms with E-state index in [1.807, 2.05) is 0 Å². The van der Waals surface area contributed by atoms with Crippen LogP contribution in [0.1, 0.15) is 12.5 Å². The zero-order chi connectivity index (χ0) is 14.6. The van der Waals surface area contributed by atoms with Crippen molar-refractivity contribution in [2.24, 2.45) is 0 Å². The third-order valence-electron chi connectivity index (χ3n) is 2.50. The van der Waals surface area contributed by atoms with Crippen LogP contribution in [0, 0.1) is 6.92 Å². The van der Waals surface area contributed by atoms with Gasteiger partial charge < -0.3 is 20.8 Å². The molecule has 0 radical (unpaired) electrons. The molecule has 0 bridgehead atoms. The number of hydrogen-bond donors (Lipinski definition) is 4. The van der Waals surface area contributed by atoms with Crippen LogP contribution in [0.15, 0.2) is 18.2 Å². The van der Waals surface area contributed by atoms with Gasteiger partial charge in [-0.15, -0.1) is 0 Å². The van der Waals surface area contributed by atoms with Crippen molar-refractivity contribution in [1.82, 2.24) is 5.32 Å². The number of carboxylic acids is 1. The van der Waals surface area contributed by atoms with Crippen LogP contribution < -0.4 is 10.6 Å². The number of carbonyl (C=O) groups is 2. The van der Waals surface area contributed by atoms with Crippen LogP contribution >= 0.6 is 11.6 Å². The zero-order valence-electron chi connectivity index (χ0n) is 10.5. The lowest BCUT2D eigenvalue weighted by atomic mass is 10.1. The van der Waals surface area contributed by atoms with Crippen molar-refractivity contribution >= 4 is 29.3 Å². The number of amides is 2. The van der Waals surface area contributed by atoms with E-state index in [0.717, 1.165) is 12.5 Å². The maximum Gasteiger partial charge on any atom is 0.337 e. The number of hydrogen-bond acceptors (Lipinski definition) is 3. The van der Waals surface area contributed by atoms with E-state index in [4.69, 9.17) is 16.7 Å². The van der Waals surface area contributed by atoms with Gasteiger partial charge in [0, 0.05) is 10.7 Å². The topological polar surface area (TPSA) is 98.7 Å². The quantitative estimate of drug-likeness (QED) is 0.676. The van der Waals surface area contributed by atoms with E-state index >= 15 is 0 Å². The third-order valence-corrected chi connectivity index (χ3v) is 2.74. The molecular weight excluding hydrogens is 272 g/mol. The molecule has 0 fully saturated rings. The highest BCUT2D eigenvalue weighted by Gasteiger charge is 2.30. The molecule has 0 aliphatic carbocycles. The number of benzene rings is 1. The van der Waals surface area contributed by atoms with Crippen molar-refractivity contribution in [3.63, 3.8) is 0 Å². The van der Waals surface area contributed by atoms with E-state index < -0.39 is 24.1 Å². The summed E-state index contributed by atoms with van der Waals surface area (Å²) in [6.07, 6.45) is 0. The van der Waals surface area contributed by atoms with Gasteiger partial charge in [-0.1, -0.05) is 17.7 Å². The fourth-order valence-electron chi connectivity index (χ4n) is 1.22. The minimum absolute atomic E-state index is 0.409. The van der Waals surface area contributed by atoms with Crippen LogP contribution in [0.4, 0.5) is 10.5 Å². The zero-order valence-corrected chi connectivity index (χ0v) is 11.3. The number of rotatable bonds is 4. The Morgan fingerprint density at radius 3 is 2.63 bits per heavy atom. The van der Waals surface area contributed by atoms with Gasteiger partial charge in [0.25, 0.3) is 0 Å². The molecule has 1 unspecified atom stereocenters. The normalized spacial score (nSPS) is 13.5. The number of aliphatic carboxylic acids is 1. The first-order valence-electron chi connectivity index (χ1n) is 5.49. The molecule has 0 spiro atoms. The van der Waals surface area contributed by atoms with Crippen molar-refractivity contribution in [2.75, 3.05) is 11.9 Å². The summed E-state index contributed by atoms with van der Waals surface area (Å²) in [6.45, 7) is 2.48. The summed E-state index contributed by atoms with van der Waals surface area (Å²) in [6, 6.07) is 4.39. The second-order valence-corrected chi connectivity index (χ2v) is 4.78. The molecule has 0 saturated heterocycles. The number of carbonyl (C=O) groups excluding carboxylic acids is 1. The van der Waals surface area contributed by atoms with Crippen molar-refractivity contribution in [3.05, 3.63) is 28.8 Å². The van der Waals surface area contributed by atoms with Gasteiger partial charge in [-0.05, 0) is 31.5 Å². The van der Waals surface area contributed by atoms with Crippen molar-refractivity contribution in [1.29, 1.82) is 0 Å². The second-order valence-electron chi connectivity index (χ2n) is 4.35. The molecule has 1 aromatic rings. The molecule has 1 atom stereocenters. The average Bonchev–Trinajstić information content (AvgIpc) is 2.31. The Morgan fingerprint density at radius 1 is 1.42 bits per heavy atom. The molecule has 1 rings (SSSR count). The summed E-state index contributed by atoms with van der Waals surface area (Å²) in [5.41, 5.74) is -0.690. The smallest absolute Gasteiger partial charge is 0.337 e. The summed E-state index contributed by atoms with van der Waals surface area (Å²) in [5, 5.41) is 23.4. The number of nitrogens with one attached hydrogen (secondary N) is 2. The minimum Gasteiger partial charge on any atom is -0.479 e. The molecule has 19 heavy (non-hydrogen) atoms. The van der Waals surface area contributed by atoms with Crippen LogP contribution in [0.2, 0.25) is 5.02 Å². The molecular formula is C12H15ClN2O4. The number of carboxylic acid groups (broad SMARTS) is 1. The summed E-state index contributed by atoms with van der Waals surface area (Å²) >= 11 is 5.80. The Morgan fingerprint density at radius 2 is 2.05 bits per heavy atom. The van der Waals surface area contributed by atoms with Gasteiger partial charge in [-0.3, -0.25) is 0 Å². The monoisotopic (exact) mass is 286 g/mol. The first-order valence-corrected chi connectivity index (χ1v) is 5.87. The maximum absolute atomic E-state index is 11.6. The van der Waals surface area contributed by atoms with E-state index in [2.05, 4.69) is 10.6 Å². The lowest BCUT2D eigenvalue weighted by Crippen LogP contribution is -2.47. The van der Waals surface area contributed by atoms with Crippen LogP contribution in [0.25, 0.3) is 0 Å². The molecule has 4 N–H and O–H groups in total. The van der Waals surface area contributed by atoms with Crippen molar-refractivity contribution in [3.8, 4) is 0 Å². The number of aliphatic hydroxyl groups is 1. The van der Waals surface area contributed by atoms with Gasteiger partial charge in [-0.25, -0.2) is 9.59 Å². The van der Waals surface area contributed by atoms with Crippen LogP contribution in [0.5, 0.6) is 0 Å². The molecule has 0 aliphatic rings. The number of urea groups is 1. The summed E-state index contributed by atoms with van der Waals surface area (Å²) in [4.78, 5) is 22.2. The first-order chi connectivity index (χ1) is 8.72. The van der Waals surface area contributed by atoms with Crippen molar-refractivity contribution < 1.29 is 19.8 Å². The predicted octanol–water partition coefficient (Wildman–Crippen LogP) is 1.61. The Labute approximate surface area is 115 Å². The second kappa shape index (κ2) is 5.90. The highest BCUT2D eigenvalue weighted by atomic mass is 35.5. The molecule has 0 aliphatic heterocycles. The van der Waals surface area contributed by atoms with Gasteiger partial charge in [0.05, 0.1) is 6.54 Å². The fourth-order valence-corrected chi connectivity index (χ4v) is 1.40. The average molecular weight is 287 g/mol. The van der Waals surface area contributed by atoms with Gasteiger partial charge in [0.1, 0.15) is 0 Å². The Balaban J connectivity index is 2.61. The lowest BCUT2D eigenvalue weighted by molar-refractivity contribution is -0.155. The fraction of sp³-hybridized carbons (Fsp3) is 0.333. The molecule has 0 saturated carbocycles. The van der Waals surface area contributed by atoms with Gasteiger partial charge in [0.2, 0.25) is 0 Å². The Bertz CT molecular complexity index is 503. The highest BCUT2D eigenvalue weighted by Crippen LogP contribution is 2.19. The Hall–Kier alpha value is -1.79. The number of halogens is 1. The number of aryl methyl sites for hydroxylation is 1. The molecule has 6 nitrogen and oxygen atoms in total. The van der Waals surface area contributed by atoms with Gasteiger partial charge in [-0.2, -0.15) is 0 Å². The molecule has 2 amide bonds.